The van der Waals surface area contributed by atoms with Crippen LogP contribution in [0.25, 0.3) is 0 Å². The molecule has 0 spiro atoms. The van der Waals surface area contributed by atoms with Gasteiger partial charge in [-0.1, -0.05) is 12.2 Å². The first-order valence-corrected chi connectivity index (χ1v) is 5.21. The third-order valence-corrected chi connectivity index (χ3v) is 3.81. The maximum atomic E-state index is 3.81. The van der Waals surface area contributed by atoms with Crippen LogP contribution in [-0.2, 0) is 0 Å². The van der Waals surface area contributed by atoms with E-state index in [-0.39, 0.29) is 0 Å². The summed E-state index contributed by atoms with van der Waals surface area (Å²) < 4.78 is 0. The van der Waals surface area contributed by atoms with Crippen molar-refractivity contribution in [3.63, 3.8) is 0 Å². The van der Waals surface area contributed by atoms with Crippen molar-refractivity contribution < 1.29 is 0 Å². The number of nitrogens with one attached hydrogen (secondary N) is 1. The summed E-state index contributed by atoms with van der Waals surface area (Å²) in [5.74, 6) is 1.78. The topological polar surface area (TPSA) is 12.0 Å². The van der Waals surface area contributed by atoms with Gasteiger partial charge in [0.2, 0.25) is 0 Å². The van der Waals surface area contributed by atoms with Crippen LogP contribution in [0.3, 0.4) is 0 Å². The number of rotatable bonds is 2. The predicted molar refractivity (Wildman–Crippen MR) is 49.9 cm³/mol. The van der Waals surface area contributed by atoms with Crippen molar-refractivity contribution in [2.24, 2.45) is 11.8 Å². The Labute approximate surface area is 74.2 Å². The summed E-state index contributed by atoms with van der Waals surface area (Å²) in [6, 6.07) is 0.812. The van der Waals surface area contributed by atoms with Crippen LogP contribution in [0.15, 0.2) is 12.2 Å². The Morgan fingerprint density at radius 2 is 2.08 bits per heavy atom. The summed E-state index contributed by atoms with van der Waals surface area (Å²) in [5.41, 5.74) is 0.531. The Balaban J connectivity index is 1.68. The van der Waals surface area contributed by atoms with E-state index in [4.69, 9.17) is 0 Å². The van der Waals surface area contributed by atoms with Crippen LogP contribution in [0.5, 0.6) is 0 Å². The number of hydrogen-bond donors (Lipinski definition) is 1. The van der Waals surface area contributed by atoms with Crippen LogP contribution < -0.4 is 5.32 Å². The van der Waals surface area contributed by atoms with Crippen molar-refractivity contribution in [1.82, 2.24) is 5.32 Å². The van der Waals surface area contributed by atoms with E-state index in [1.807, 2.05) is 0 Å². The van der Waals surface area contributed by atoms with Gasteiger partial charge < -0.3 is 5.32 Å². The van der Waals surface area contributed by atoms with E-state index in [1.165, 1.54) is 25.7 Å². The fourth-order valence-electron chi connectivity index (χ4n) is 2.73. The highest BCUT2D eigenvalue weighted by molar-refractivity contribution is 5.14. The van der Waals surface area contributed by atoms with E-state index >= 15 is 0 Å². The number of allylic oxidation sites excluding steroid dienone is 1. The lowest BCUT2D eigenvalue weighted by molar-refractivity contribution is 0.388. The van der Waals surface area contributed by atoms with Gasteiger partial charge in [0.25, 0.3) is 0 Å². The monoisotopic (exact) mass is 163 g/mol. The first kappa shape index (κ1) is 7.14. The molecular weight excluding hydrogens is 146 g/mol. The summed E-state index contributed by atoms with van der Waals surface area (Å²) >= 11 is 0. The van der Waals surface area contributed by atoms with Gasteiger partial charge in [-0.25, -0.2) is 0 Å². The predicted octanol–water partition coefficient (Wildman–Crippen LogP) is 2.09. The maximum Gasteiger partial charge on any atom is 0.0157 e. The van der Waals surface area contributed by atoms with Crippen LogP contribution in [0.4, 0.5) is 0 Å². The highest BCUT2D eigenvalue weighted by atomic mass is 15.1. The van der Waals surface area contributed by atoms with E-state index in [9.17, 15) is 0 Å². The molecule has 3 aliphatic carbocycles. The second-order valence-electron chi connectivity index (χ2n) is 5.09. The molecule has 2 saturated carbocycles. The van der Waals surface area contributed by atoms with E-state index in [2.05, 4.69) is 24.4 Å². The Morgan fingerprint density at radius 1 is 1.25 bits per heavy atom. The molecule has 2 bridgehead atoms. The molecule has 1 N–H and O–H groups in total. The second-order valence-corrected chi connectivity index (χ2v) is 5.09. The van der Waals surface area contributed by atoms with Gasteiger partial charge in [0, 0.05) is 11.6 Å². The van der Waals surface area contributed by atoms with Crippen LogP contribution in [0.1, 0.15) is 32.6 Å². The molecule has 0 aliphatic heterocycles. The van der Waals surface area contributed by atoms with Crippen molar-refractivity contribution >= 4 is 0 Å². The molecule has 1 nitrogen and oxygen atoms in total. The highest BCUT2D eigenvalue weighted by Gasteiger charge is 2.44. The zero-order valence-corrected chi connectivity index (χ0v) is 7.72. The molecule has 1 heteroatoms. The highest BCUT2D eigenvalue weighted by Crippen LogP contribution is 2.43. The smallest absolute Gasteiger partial charge is 0.0157 e. The van der Waals surface area contributed by atoms with E-state index in [0.717, 1.165) is 17.9 Å². The largest absolute Gasteiger partial charge is 0.308 e. The summed E-state index contributed by atoms with van der Waals surface area (Å²) in [5, 5.41) is 3.81. The van der Waals surface area contributed by atoms with Crippen LogP contribution in [0.2, 0.25) is 0 Å². The van der Waals surface area contributed by atoms with Crippen molar-refractivity contribution in [2.45, 2.75) is 44.2 Å². The van der Waals surface area contributed by atoms with Gasteiger partial charge >= 0.3 is 0 Å². The second kappa shape index (κ2) is 2.14. The third kappa shape index (κ3) is 1.03. The van der Waals surface area contributed by atoms with Gasteiger partial charge in [0.1, 0.15) is 0 Å². The average Bonchev–Trinajstić information content (AvgIpc) is 2.48. The Bertz CT molecular complexity index is 227. The molecule has 2 fully saturated rings. The molecule has 66 valence electrons. The van der Waals surface area contributed by atoms with Gasteiger partial charge in [-0.2, -0.15) is 0 Å². The molecule has 3 rings (SSSR count). The molecule has 0 heterocycles. The summed E-state index contributed by atoms with van der Waals surface area (Å²) in [4.78, 5) is 0. The summed E-state index contributed by atoms with van der Waals surface area (Å²) in [7, 11) is 0. The Hall–Kier alpha value is -0.300. The van der Waals surface area contributed by atoms with Gasteiger partial charge in [-0.3, -0.25) is 0 Å². The first-order valence-electron chi connectivity index (χ1n) is 5.21. The summed E-state index contributed by atoms with van der Waals surface area (Å²) in [6.07, 6.45) is 10.5. The quantitative estimate of drug-likeness (QED) is 0.615. The molecule has 1 unspecified atom stereocenters. The SMILES string of the molecule is CC1(NC2C[C@@H]3C=C[C@H]2C3)CC1. The number of hydrogen-bond acceptors (Lipinski definition) is 1. The molecular formula is C11H17N. The van der Waals surface area contributed by atoms with Crippen molar-refractivity contribution in [2.75, 3.05) is 0 Å². The van der Waals surface area contributed by atoms with E-state index in [1.54, 1.807) is 0 Å². The minimum Gasteiger partial charge on any atom is -0.308 e. The van der Waals surface area contributed by atoms with Crippen LogP contribution in [0, 0.1) is 11.8 Å². The standard InChI is InChI=1S/C11H17N/c1-11(4-5-11)12-10-7-8-2-3-9(10)6-8/h2-3,8-10,12H,4-7H2,1H3/t8-,9+,10?/m1/s1. The third-order valence-electron chi connectivity index (χ3n) is 3.81. The zero-order chi connectivity index (χ0) is 8.18. The van der Waals surface area contributed by atoms with Crippen molar-refractivity contribution in [1.29, 1.82) is 0 Å². The van der Waals surface area contributed by atoms with Gasteiger partial charge in [-0.15, -0.1) is 0 Å². The van der Waals surface area contributed by atoms with Crippen LogP contribution in [-0.4, -0.2) is 11.6 Å². The fraction of sp³-hybridized carbons (Fsp3) is 0.818. The molecule has 0 aromatic carbocycles. The average molecular weight is 163 g/mol. The molecule has 0 amide bonds. The van der Waals surface area contributed by atoms with E-state index < -0.39 is 0 Å². The molecule has 3 aliphatic rings. The fourth-order valence-corrected chi connectivity index (χ4v) is 2.73. The molecule has 0 saturated heterocycles. The molecule has 0 aromatic rings. The normalized spacial score (nSPS) is 46.9. The molecule has 0 aromatic heterocycles. The molecule has 12 heavy (non-hydrogen) atoms. The number of fused-ring (bicyclic) bond motifs is 2. The van der Waals surface area contributed by atoms with Crippen LogP contribution >= 0.6 is 0 Å². The van der Waals surface area contributed by atoms with Crippen molar-refractivity contribution in [3.05, 3.63) is 12.2 Å². The zero-order valence-electron chi connectivity index (χ0n) is 7.72. The Morgan fingerprint density at radius 3 is 2.58 bits per heavy atom. The lowest BCUT2D eigenvalue weighted by Crippen LogP contribution is -2.40. The molecule has 3 atom stereocenters. The Kier molecular flexibility index (Phi) is 1.27. The lowest BCUT2D eigenvalue weighted by Gasteiger charge is -2.24. The first-order chi connectivity index (χ1) is 5.75. The van der Waals surface area contributed by atoms with E-state index in [0.29, 0.717) is 5.54 Å². The van der Waals surface area contributed by atoms with Gasteiger partial charge in [-0.05, 0) is 44.4 Å². The minimum atomic E-state index is 0.531. The van der Waals surface area contributed by atoms with Crippen molar-refractivity contribution in [3.8, 4) is 0 Å². The van der Waals surface area contributed by atoms with Gasteiger partial charge in [0.15, 0.2) is 0 Å². The minimum absolute atomic E-state index is 0.531. The van der Waals surface area contributed by atoms with Gasteiger partial charge in [0.05, 0.1) is 0 Å². The lowest BCUT2D eigenvalue weighted by atomic mass is 10.0. The molecule has 0 radical (unpaired) electrons. The maximum absolute atomic E-state index is 3.81. The summed E-state index contributed by atoms with van der Waals surface area (Å²) in [6.45, 7) is 2.36.